The van der Waals surface area contributed by atoms with Crippen LogP contribution in [0.5, 0.6) is 5.88 Å². The van der Waals surface area contributed by atoms with Crippen molar-refractivity contribution in [3.05, 3.63) is 16.4 Å². The zero-order valence-electron chi connectivity index (χ0n) is 13.9. The lowest BCUT2D eigenvalue weighted by atomic mass is 9.95. The standard InChI is InChI=1S/C17H25N3O3S/c21-14-11-15(22)20(13-7-3-1-4-8-13)17(18-14)24-12-16(23)19-9-5-2-6-10-19/h11,13,21H,1-10,12H2/p-1. The predicted molar refractivity (Wildman–Crippen MR) is 91.2 cm³/mol. The molecule has 2 heterocycles. The van der Waals surface area contributed by atoms with E-state index in [-0.39, 0.29) is 23.3 Å². The van der Waals surface area contributed by atoms with Crippen LogP contribution in [0.4, 0.5) is 0 Å². The molecular formula is C17H24N3O3S-. The van der Waals surface area contributed by atoms with Crippen LogP contribution in [0.25, 0.3) is 0 Å². The smallest absolute Gasteiger partial charge is 0.253 e. The van der Waals surface area contributed by atoms with E-state index in [0.29, 0.717) is 5.16 Å². The minimum Gasteiger partial charge on any atom is -0.858 e. The van der Waals surface area contributed by atoms with E-state index in [1.807, 2.05) is 4.90 Å². The van der Waals surface area contributed by atoms with Crippen LogP contribution >= 0.6 is 11.8 Å². The molecule has 0 atom stereocenters. The van der Waals surface area contributed by atoms with Gasteiger partial charge >= 0.3 is 0 Å². The average molecular weight is 350 g/mol. The Morgan fingerprint density at radius 3 is 2.54 bits per heavy atom. The molecule has 0 spiro atoms. The van der Waals surface area contributed by atoms with Gasteiger partial charge in [-0.1, -0.05) is 31.0 Å². The lowest BCUT2D eigenvalue weighted by molar-refractivity contribution is -0.276. The Bertz CT molecular complexity index is 634. The van der Waals surface area contributed by atoms with Crippen LogP contribution in [-0.4, -0.2) is 39.2 Å². The van der Waals surface area contributed by atoms with Gasteiger partial charge in [-0.3, -0.25) is 14.2 Å². The Balaban J connectivity index is 1.73. The van der Waals surface area contributed by atoms with Gasteiger partial charge in [0.2, 0.25) is 5.91 Å². The van der Waals surface area contributed by atoms with Crippen molar-refractivity contribution in [1.29, 1.82) is 0 Å². The van der Waals surface area contributed by atoms with Crippen molar-refractivity contribution < 1.29 is 9.90 Å². The van der Waals surface area contributed by atoms with Crippen LogP contribution in [0.15, 0.2) is 16.0 Å². The highest BCUT2D eigenvalue weighted by molar-refractivity contribution is 7.99. The first-order chi connectivity index (χ1) is 11.6. The third-order valence-electron chi connectivity index (χ3n) is 4.87. The number of hydrogen-bond donors (Lipinski definition) is 0. The van der Waals surface area contributed by atoms with E-state index in [1.165, 1.54) is 24.6 Å². The highest BCUT2D eigenvalue weighted by Crippen LogP contribution is 2.30. The zero-order valence-corrected chi connectivity index (χ0v) is 14.7. The molecule has 0 bridgehead atoms. The SMILES string of the molecule is O=C(CSc1nc([O-])cc(=O)n1C1CCCCC1)N1CCCCC1. The van der Waals surface area contributed by atoms with Gasteiger partial charge in [-0.05, 0) is 38.0 Å². The minimum absolute atomic E-state index is 0.0699. The number of thioether (sulfide) groups is 1. The highest BCUT2D eigenvalue weighted by atomic mass is 32.2. The van der Waals surface area contributed by atoms with Crippen molar-refractivity contribution in [1.82, 2.24) is 14.5 Å². The van der Waals surface area contributed by atoms with Crippen LogP contribution in [0.1, 0.15) is 57.4 Å². The number of hydrogen-bond acceptors (Lipinski definition) is 5. The average Bonchev–Trinajstić information content (AvgIpc) is 2.60. The molecule has 132 valence electrons. The molecule has 6 nitrogen and oxygen atoms in total. The number of aromatic nitrogens is 2. The number of rotatable bonds is 4. The van der Waals surface area contributed by atoms with E-state index in [2.05, 4.69) is 4.98 Å². The molecule has 0 radical (unpaired) electrons. The summed E-state index contributed by atoms with van der Waals surface area (Å²) >= 11 is 1.23. The van der Waals surface area contributed by atoms with Gasteiger partial charge in [0.15, 0.2) is 5.16 Å². The molecule has 1 saturated carbocycles. The molecule has 1 saturated heterocycles. The molecule has 7 heteroatoms. The molecule has 1 aliphatic carbocycles. The molecule has 3 rings (SSSR count). The van der Waals surface area contributed by atoms with Crippen LogP contribution in [0.3, 0.4) is 0 Å². The Labute approximate surface area is 146 Å². The Morgan fingerprint density at radius 1 is 1.17 bits per heavy atom. The molecule has 1 aromatic heterocycles. The van der Waals surface area contributed by atoms with Gasteiger partial charge in [0.25, 0.3) is 5.56 Å². The summed E-state index contributed by atoms with van der Waals surface area (Å²) in [5, 5.41) is 12.1. The van der Waals surface area contributed by atoms with Gasteiger partial charge in [0.05, 0.1) is 5.75 Å². The first-order valence-corrected chi connectivity index (χ1v) is 9.85. The molecule has 2 aliphatic rings. The maximum absolute atomic E-state index is 12.3. The van der Waals surface area contributed by atoms with Gasteiger partial charge in [-0.25, -0.2) is 4.98 Å². The fourth-order valence-corrected chi connectivity index (χ4v) is 4.56. The quantitative estimate of drug-likeness (QED) is 0.612. The fourth-order valence-electron chi connectivity index (χ4n) is 3.59. The maximum Gasteiger partial charge on any atom is 0.253 e. The van der Waals surface area contributed by atoms with Crippen LogP contribution in [0.2, 0.25) is 0 Å². The molecule has 1 aromatic rings. The molecule has 0 aromatic carbocycles. The first kappa shape index (κ1) is 17.3. The normalized spacial score (nSPS) is 19.4. The molecule has 1 aliphatic heterocycles. The Morgan fingerprint density at radius 2 is 1.83 bits per heavy atom. The number of carbonyl (C=O) groups is 1. The van der Waals surface area contributed by atoms with Crippen molar-refractivity contribution in [3.8, 4) is 5.88 Å². The third-order valence-corrected chi connectivity index (χ3v) is 5.81. The van der Waals surface area contributed by atoms with Crippen molar-refractivity contribution in [3.63, 3.8) is 0 Å². The second-order valence-electron chi connectivity index (χ2n) is 6.61. The van der Waals surface area contributed by atoms with Gasteiger partial charge < -0.3 is 10.0 Å². The molecule has 0 N–H and O–H groups in total. The zero-order chi connectivity index (χ0) is 16.9. The van der Waals surface area contributed by atoms with Crippen LogP contribution in [0, 0.1) is 0 Å². The Kier molecular flexibility index (Phi) is 5.81. The Hall–Kier alpha value is -1.50. The predicted octanol–water partition coefficient (Wildman–Crippen LogP) is 1.93. The van der Waals surface area contributed by atoms with E-state index in [0.717, 1.165) is 57.7 Å². The number of amides is 1. The van der Waals surface area contributed by atoms with E-state index < -0.39 is 5.88 Å². The van der Waals surface area contributed by atoms with Gasteiger partial charge in [0, 0.05) is 25.2 Å². The minimum atomic E-state index is -0.514. The monoisotopic (exact) mass is 350 g/mol. The van der Waals surface area contributed by atoms with E-state index in [4.69, 9.17) is 0 Å². The lowest BCUT2D eigenvalue weighted by Gasteiger charge is -2.28. The summed E-state index contributed by atoms with van der Waals surface area (Å²) in [6.07, 6.45) is 8.53. The molecule has 2 fully saturated rings. The highest BCUT2D eigenvalue weighted by Gasteiger charge is 2.22. The van der Waals surface area contributed by atoms with Crippen molar-refractivity contribution >= 4 is 17.7 Å². The molecule has 1 amide bonds. The first-order valence-electron chi connectivity index (χ1n) is 8.86. The van der Waals surface area contributed by atoms with Crippen molar-refractivity contribution in [2.75, 3.05) is 18.8 Å². The largest absolute Gasteiger partial charge is 0.858 e. The fraction of sp³-hybridized carbons (Fsp3) is 0.706. The molecule has 0 unspecified atom stereocenters. The van der Waals surface area contributed by atoms with Gasteiger partial charge in [0.1, 0.15) is 0 Å². The number of carbonyl (C=O) groups excluding carboxylic acids is 1. The summed E-state index contributed by atoms with van der Waals surface area (Å²) in [7, 11) is 0. The second kappa shape index (κ2) is 8.05. The third kappa shape index (κ3) is 4.12. The number of nitrogens with zero attached hydrogens (tertiary/aromatic N) is 3. The van der Waals surface area contributed by atoms with Gasteiger partial charge in [-0.2, -0.15) is 0 Å². The van der Waals surface area contributed by atoms with E-state index in [1.54, 1.807) is 4.57 Å². The van der Waals surface area contributed by atoms with E-state index in [9.17, 15) is 14.7 Å². The number of likely N-dealkylation sites (tertiary alicyclic amines) is 1. The van der Waals surface area contributed by atoms with Crippen molar-refractivity contribution in [2.45, 2.75) is 62.6 Å². The van der Waals surface area contributed by atoms with Crippen LogP contribution in [-0.2, 0) is 4.79 Å². The maximum atomic E-state index is 12.3. The summed E-state index contributed by atoms with van der Waals surface area (Å²) in [5.74, 6) is -0.205. The lowest BCUT2D eigenvalue weighted by Crippen LogP contribution is -2.37. The topological polar surface area (TPSA) is 78.3 Å². The summed E-state index contributed by atoms with van der Waals surface area (Å²) in [4.78, 5) is 30.6. The van der Waals surface area contributed by atoms with Crippen LogP contribution < -0.4 is 10.7 Å². The van der Waals surface area contributed by atoms with Crippen molar-refractivity contribution in [2.24, 2.45) is 0 Å². The second-order valence-corrected chi connectivity index (χ2v) is 7.55. The number of piperidine rings is 1. The summed E-state index contributed by atoms with van der Waals surface area (Å²) in [5.41, 5.74) is -0.283. The summed E-state index contributed by atoms with van der Waals surface area (Å²) in [6.45, 7) is 1.62. The summed E-state index contributed by atoms with van der Waals surface area (Å²) < 4.78 is 1.65. The molecular weight excluding hydrogens is 326 g/mol. The van der Waals surface area contributed by atoms with E-state index >= 15 is 0 Å². The van der Waals surface area contributed by atoms with Gasteiger partial charge in [-0.15, -0.1) is 0 Å². The molecule has 24 heavy (non-hydrogen) atoms. The summed E-state index contributed by atoms with van der Waals surface area (Å²) in [6, 6.07) is 1.16.